The summed E-state index contributed by atoms with van der Waals surface area (Å²) in [5, 5.41) is 2.49. The summed E-state index contributed by atoms with van der Waals surface area (Å²) in [6.45, 7) is 0. The van der Waals surface area contributed by atoms with Gasteiger partial charge in [-0.2, -0.15) is 0 Å². The Kier molecular flexibility index (Phi) is 2.79. The number of nitrogens with one attached hydrogen (secondary N) is 1. The van der Waals surface area contributed by atoms with Crippen molar-refractivity contribution in [3.63, 3.8) is 0 Å². The number of para-hydroxylation sites is 1. The first-order chi connectivity index (χ1) is 5.20. The Hall–Kier alpha value is -0.670. The number of benzene rings is 1. The van der Waals surface area contributed by atoms with Crippen LogP contribution >= 0.6 is 23.8 Å². The fraction of sp³-hybridized carbons (Fsp3) is 0. The van der Waals surface area contributed by atoms with Crippen molar-refractivity contribution in [2.24, 2.45) is 0 Å². The SMILES string of the molecule is Fc1ccccc1NC(=S)Cl. The topological polar surface area (TPSA) is 12.0 Å². The van der Waals surface area contributed by atoms with E-state index in [9.17, 15) is 4.39 Å². The third-order valence-corrected chi connectivity index (χ3v) is 1.30. The maximum absolute atomic E-state index is 12.8. The number of halogens is 2. The zero-order chi connectivity index (χ0) is 8.27. The van der Waals surface area contributed by atoms with Crippen molar-refractivity contribution in [3.8, 4) is 0 Å². The van der Waals surface area contributed by atoms with Gasteiger partial charge in [0.2, 0.25) is 0 Å². The van der Waals surface area contributed by atoms with Crippen molar-refractivity contribution < 1.29 is 4.39 Å². The number of rotatable bonds is 1. The molecule has 0 unspecified atom stereocenters. The standard InChI is InChI=1S/C7H5ClFNS/c8-7(11)10-6-4-2-1-3-5(6)9/h1-4H,(H,10,11). The summed E-state index contributed by atoms with van der Waals surface area (Å²) in [6, 6.07) is 6.18. The van der Waals surface area contributed by atoms with Gasteiger partial charge in [0, 0.05) is 0 Å². The van der Waals surface area contributed by atoms with E-state index in [4.69, 9.17) is 11.6 Å². The molecule has 1 N–H and O–H groups in total. The van der Waals surface area contributed by atoms with E-state index in [0.29, 0.717) is 5.69 Å². The van der Waals surface area contributed by atoms with E-state index >= 15 is 0 Å². The minimum Gasteiger partial charge on any atom is -0.335 e. The normalized spacial score (nSPS) is 9.27. The van der Waals surface area contributed by atoms with Gasteiger partial charge in [-0.05, 0) is 24.4 Å². The summed E-state index contributed by atoms with van der Waals surface area (Å²) in [4.78, 5) is 0. The van der Waals surface area contributed by atoms with E-state index in [-0.39, 0.29) is 10.3 Å². The van der Waals surface area contributed by atoms with Gasteiger partial charge in [-0.25, -0.2) is 4.39 Å². The molecule has 0 saturated carbocycles. The fourth-order valence-electron chi connectivity index (χ4n) is 0.668. The molecule has 11 heavy (non-hydrogen) atoms. The second-order valence-electron chi connectivity index (χ2n) is 1.88. The molecule has 1 aromatic carbocycles. The van der Waals surface area contributed by atoms with Crippen LogP contribution in [0.2, 0.25) is 0 Å². The van der Waals surface area contributed by atoms with Crippen molar-refractivity contribution in [2.45, 2.75) is 0 Å². The molecule has 0 saturated heterocycles. The van der Waals surface area contributed by atoms with E-state index in [2.05, 4.69) is 17.5 Å². The van der Waals surface area contributed by atoms with Crippen molar-refractivity contribution >= 4 is 34.0 Å². The van der Waals surface area contributed by atoms with Gasteiger partial charge < -0.3 is 5.32 Å². The molecule has 0 heterocycles. The van der Waals surface area contributed by atoms with Gasteiger partial charge in [-0.1, -0.05) is 23.7 Å². The molecule has 1 rings (SSSR count). The molecule has 0 spiro atoms. The van der Waals surface area contributed by atoms with Crippen LogP contribution in [0.25, 0.3) is 0 Å². The molecule has 0 fully saturated rings. The van der Waals surface area contributed by atoms with Gasteiger partial charge in [0.1, 0.15) is 5.82 Å². The first-order valence-electron chi connectivity index (χ1n) is 2.91. The molecule has 1 aromatic rings. The quantitative estimate of drug-likeness (QED) is 0.414. The van der Waals surface area contributed by atoms with Crippen molar-refractivity contribution in [1.29, 1.82) is 0 Å². The molecule has 58 valence electrons. The zero-order valence-electron chi connectivity index (χ0n) is 5.47. The zero-order valence-corrected chi connectivity index (χ0v) is 7.05. The van der Waals surface area contributed by atoms with Crippen molar-refractivity contribution in [2.75, 3.05) is 5.32 Å². The van der Waals surface area contributed by atoms with Gasteiger partial charge in [-0.15, -0.1) is 0 Å². The van der Waals surface area contributed by atoms with Gasteiger partial charge >= 0.3 is 0 Å². The predicted octanol–water partition coefficient (Wildman–Crippen LogP) is 2.76. The van der Waals surface area contributed by atoms with Crippen LogP contribution in [-0.2, 0) is 0 Å². The van der Waals surface area contributed by atoms with E-state index in [1.165, 1.54) is 6.07 Å². The highest BCUT2D eigenvalue weighted by atomic mass is 35.5. The molecule has 1 nitrogen and oxygen atoms in total. The van der Waals surface area contributed by atoms with Crippen LogP contribution in [0, 0.1) is 5.82 Å². The number of thiocarbonyl (C=S) groups is 1. The Morgan fingerprint density at radius 1 is 1.45 bits per heavy atom. The Labute approximate surface area is 74.2 Å². The van der Waals surface area contributed by atoms with Crippen LogP contribution in [0.1, 0.15) is 0 Å². The second-order valence-corrected chi connectivity index (χ2v) is 2.89. The maximum Gasteiger partial charge on any atom is 0.171 e. The Bertz CT molecular complexity index is 277. The smallest absolute Gasteiger partial charge is 0.171 e. The van der Waals surface area contributed by atoms with E-state index in [1.807, 2.05) is 0 Å². The highest BCUT2D eigenvalue weighted by molar-refractivity contribution is 7.83. The van der Waals surface area contributed by atoms with Crippen LogP contribution in [0.15, 0.2) is 24.3 Å². The summed E-state index contributed by atoms with van der Waals surface area (Å²) in [6.07, 6.45) is 0. The summed E-state index contributed by atoms with van der Waals surface area (Å²) in [7, 11) is 0. The Morgan fingerprint density at radius 3 is 2.64 bits per heavy atom. The molecule has 0 aliphatic heterocycles. The van der Waals surface area contributed by atoms with Gasteiger partial charge in [0.15, 0.2) is 4.45 Å². The lowest BCUT2D eigenvalue weighted by atomic mass is 10.3. The molecule has 0 bridgehead atoms. The lowest BCUT2D eigenvalue weighted by molar-refractivity contribution is 0.632. The molecule has 0 aliphatic rings. The third-order valence-electron chi connectivity index (χ3n) is 1.11. The molecule has 0 amide bonds. The molecule has 0 atom stereocenters. The molecule has 0 radical (unpaired) electrons. The maximum atomic E-state index is 12.8. The molecular formula is C7H5ClFNS. The first-order valence-corrected chi connectivity index (χ1v) is 3.70. The molecule has 0 aromatic heterocycles. The summed E-state index contributed by atoms with van der Waals surface area (Å²) in [5.41, 5.74) is 0.299. The monoisotopic (exact) mass is 189 g/mol. The average molecular weight is 190 g/mol. The van der Waals surface area contributed by atoms with Crippen molar-refractivity contribution in [1.82, 2.24) is 0 Å². The Morgan fingerprint density at radius 2 is 2.09 bits per heavy atom. The highest BCUT2D eigenvalue weighted by Gasteiger charge is 1.99. The largest absolute Gasteiger partial charge is 0.335 e. The number of hydrogen-bond donors (Lipinski definition) is 1. The lowest BCUT2D eigenvalue weighted by Gasteiger charge is -2.01. The highest BCUT2D eigenvalue weighted by Crippen LogP contribution is 2.12. The summed E-state index contributed by atoms with van der Waals surface area (Å²) >= 11 is 9.86. The van der Waals surface area contributed by atoms with Crippen LogP contribution in [0.3, 0.4) is 0 Å². The number of anilines is 1. The average Bonchev–Trinajstić information content (AvgIpc) is 1.93. The van der Waals surface area contributed by atoms with Crippen LogP contribution in [0.4, 0.5) is 10.1 Å². The number of hydrogen-bond acceptors (Lipinski definition) is 1. The minimum atomic E-state index is -0.365. The van der Waals surface area contributed by atoms with Gasteiger partial charge in [0.25, 0.3) is 0 Å². The molecule has 4 heteroatoms. The van der Waals surface area contributed by atoms with Crippen LogP contribution in [0.5, 0.6) is 0 Å². The van der Waals surface area contributed by atoms with E-state index in [0.717, 1.165) is 0 Å². The predicted molar refractivity (Wildman–Crippen MR) is 48.5 cm³/mol. The minimum absolute atomic E-state index is 0.0371. The van der Waals surface area contributed by atoms with Crippen LogP contribution < -0.4 is 5.32 Å². The summed E-state index contributed by atoms with van der Waals surface area (Å²) < 4.78 is 12.8. The molecule has 0 aliphatic carbocycles. The van der Waals surface area contributed by atoms with E-state index < -0.39 is 0 Å². The first kappa shape index (κ1) is 8.43. The lowest BCUT2D eigenvalue weighted by Crippen LogP contribution is -2.02. The van der Waals surface area contributed by atoms with Crippen molar-refractivity contribution in [3.05, 3.63) is 30.1 Å². The van der Waals surface area contributed by atoms with Crippen LogP contribution in [-0.4, -0.2) is 4.45 Å². The fourth-order valence-corrected chi connectivity index (χ4v) is 0.880. The second kappa shape index (κ2) is 3.64. The van der Waals surface area contributed by atoms with Gasteiger partial charge in [-0.3, -0.25) is 0 Å². The van der Waals surface area contributed by atoms with E-state index in [1.54, 1.807) is 18.2 Å². The Balaban J connectivity index is 2.86. The molecular weight excluding hydrogens is 185 g/mol. The summed E-state index contributed by atoms with van der Waals surface area (Å²) in [5.74, 6) is -0.365. The third kappa shape index (κ3) is 2.44. The van der Waals surface area contributed by atoms with Gasteiger partial charge in [0.05, 0.1) is 5.69 Å².